The molecule has 0 saturated carbocycles. The average Bonchev–Trinajstić information content (AvgIpc) is 3.15. The number of hydrogen-bond acceptors (Lipinski definition) is 3. The van der Waals surface area contributed by atoms with Gasteiger partial charge in [-0.05, 0) is 12.8 Å². The molecular weight excluding hydrogens is 332 g/mol. The quantitative estimate of drug-likeness (QED) is 0.426. The van der Waals surface area contributed by atoms with Crippen LogP contribution in [0.15, 0.2) is 60.7 Å². The van der Waals surface area contributed by atoms with Gasteiger partial charge in [-0.15, -0.1) is 5.10 Å². The van der Waals surface area contributed by atoms with E-state index in [-0.39, 0.29) is 0 Å². The number of benzene rings is 2. The molecule has 3 aromatic rings. The largest absolute Gasteiger partial charge is 0.244 e. The lowest BCUT2D eigenvalue weighted by Gasteiger charge is -2.09. The predicted octanol–water partition coefficient (Wildman–Crippen LogP) is 5.87. The molecule has 0 bridgehead atoms. The Morgan fingerprint density at radius 2 is 1.33 bits per heavy atom. The average molecular weight is 358 g/mol. The summed E-state index contributed by atoms with van der Waals surface area (Å²) in [6.07, 6.45) is 7.56. The maximum atomic E-state index is 8.57. The first-order chi connectivity index (χ1) is 13.4. The van der Waals surface area contributed by atoms with Gasteiger partial charge in [0.05, 0.1) is 11.8 Å². The van der Waals surface area contributed by atoms with Crippen molar-refractivity contribution in [1.29, 1.82) is 5.26 Å². The van der Waals surface area contributed by atoms with Gasteiger partial charge in [-0.3, -0.25) is 0 Å². The second kappa shape index (κ2) is 10.3. The summed E-state index contributed by atoms with van der Waals surface area (Å²) in [5, 5.41) is 17.5. The highest BCUT2D eigenvalue weighted by Crippen LogP contribution is 2.30. The van der Waals surface area contributed by atoms with Gasteiger partial charge >= 0.3 is 0 Å². The zero-order valence-electron chi connectivity index (χ0n) is 15.7. The van der Waals surface area contributed by atoms with Gasteiger partial charge in [-0.2, -0.15) is 5.26 Å². The smallest absolute Gasteiger partial charge is 0.121 e. The van der Waals surface area contributed by atoms with Crippen LogP contribution in [0.5, 0.6) is 0 Å². The summed E-state index contributed by atoms with van der Waals surface area (Å²) < 4.78 is 2.05. The molecule has 0 saturated heterocycles. The van der Waals surface area contributed by atoms with Crippen molar-refractivity contribution in [2.24, 2.45) is 0 Å². The number of nitrogens with zero attached hydrogens (tertiary/aromatic N) is 4. The van der Waals surface area contributed by atoms with E-state index in [0.717, 1.165) is 48.3 Å². The zero-order chi connectivity index (χ0) is 18.7. The molecule has 0 aliphatic rings. The van der Waals surface area contributed by atoms with E-state index in [1.807, 2.05) is 28.9 Å². The minimum absolute atomic E-state index is 0.682. The number of nitriles is 1. The number of aryl methyl sites for hydroxylation is 1. The molecule has 3 rings (SSSR count). The first-order valence-electron chi connectivity index (χ1n) is 9.81. The van der Waals surface area contributed by atoms with Crippen molar-refractivity contribution < 1.29 is 0 Å². The molecule has 0 spiro atoms. The number of rotatable bonds is 10. The summed E-state index contributed by atoms with van der Waals surface area (Å²) in [4.78, 5) is 0. The maximum absolute atomic E-state index is 8.57. The molecule has 27 heavy (non-hydrogen) atoms. The van der Waals surface area contributed by atoms with Crippen molar-refractivity contribution in [3.63, 3.8) is 0 Å². The summed E-state index contributed by atoms with van der Waals surface area (Å²) in [6, 6.07) is 22.9. The fourth-order valence-corrected chi connectivity index (χ4v) is 3.31. The Morgan fingerprint density at radius 1 is 0.741 bits per heavy atom. The third kappa shape index (κ3) is 5.27. The van der Waals surface area contributed by atoms with E-state index in [1.54, 1.807) is 0 Å². The van der Waals surface area contributed by atoms with Gasteiger partial charge in [-0.1, -0.05) is 91.6 Å². The van der Waals surface area contributed by atoms with E-state index >= 15 is 0 Å². The van der Waals surface area contributed by atoms with Crippen molar-refractivity contribution in [2.45, 2.75) is 51.5 Å². The van der Waals surface area contributed by atoms with Crippen LogP contribution in [0.3, 0.4) is 0 Å². The fourth-order valence-electron chi connectivity index (χ4n) is 3.31. The monoisotopic (exact) mass is 358 g/mol. The predicted molar refractivity (Wildman–Crippen MR) is 109 cm³/mol. The molecule has 0 unspecified atom stereocenters. The molecule has 4 nitrogen and oxygen atoms in total. The molecule has 0 N–H and O–H groups in total. The Labute approximate surface area is 161 Å². The van der Waals surface area contributed by atoms with Crippen LogP contribution >= 0.6 is 0 Å². The van der Waals surface area contributed by atoms with Crippen molar-refractivity contribution in [1.82, 2.24) is 15.0 Å². The molecule has 0 radical (unpaired) electrons. The minimum Gasteiger partial charge on any atom is -0.244 e. The van der Waals surface area contributed by atoms with E-state index in [0.29, 0.717) is 6.42 Å². The molecule has 1 aromatic heterocycles. The Bertz CT molecular complexity index is 847. The van der Waals surface area contributed by atoms with Crippen LogP contribution in [0.4, 0.5) is 0 Å². The number of hydrogen-bond donors (Lipinski definition) is 0. The summed E-state index contributed by atoms with van der Waals surface area (Å²) in [5.74, 6) is 0. The molecular formula is C23H26N4. The number of aromatic nitrogens is 3. The van der Waals surface area contributed by atoms with Gasteiger partial charge < -0.3 is 0 Å². The van der Waals surface area contributed by atoms with Crippen LogP contribution in [0.1, 0.15) is 44.9 Å². The highest BCUT2D eigenvalue weighted by Gasteiger charge is 2.16. The topological polar surface area (TPSA) is 54.5 Å². The maximum Gasteiger partial charge on any atom is 0.121 e. The lowest BCUT2D eigenvalue weighted by atomic mass is 10.0. The molecule has 0 aliphatic carbocycles. The summed E-state index contributed by atoms with van der Waals surface area (Å²) >= 11 is 0. The first-order valence-corrected chi connectivity index (χ1v) is 9.81. The minimum atomic E-state index is 0.682. The molecule has 2 aromatic carbocycles. The van der Waals surface area contributed by atoms with Crippen molar-refractivity contribution in [3.8, 4) is 28.6 Å². The molecule has 0 atom stereocenters. The van der Waals surface area contributed by atoms with Crippen LogP contribution in [0.2, 0.25) is 0 Å². The van der Waals surface area contributed by atoms with Crippen LogP contribution in [0, 0.1) is 11.3 Å². The zero-order valence-corrected chi connectivity index (χ0v) is 15.7. The van der Waals surface area contributed by atoms with E-state index in [4.69, 9.17) is 5.26 Å². The van der Waals surface area contributed by atoms with Gasteiger partial charge in [0.1, 0.15) is 5.69 Å². The van der Waals surface area contributed by atoms with E-state index in [9.17, 15) is 0 Å². The first kappa shape index (κ1) is 18.8. The van der Waals surface area contributed by atoms with Crippen LogP contribution in [0.25, 0.3) is 22.5 Å². The molecule has 138 valence electrons. The summed E-state index contributed by atoms with van der Waals surface area (Å²) in [6.45, 7) is 0.877. The third-order valence-electron chi connectivity index (χ3n) is 4.74. The molecule has 0 aliphatic heterocycles. The number of unbranched alkanes of at least 4 members (excludes halogenated alkanes) is 6. The second-order valence-corrected chi connectivity index (χ2v) is 6.77. The lowest BCUT2D eigenvalue weighted by molar-refractivity contribution is 0.518. The molecule has 0 amide bonds. The van der Waals surface area contributed by atoms with Crippen molar-refractivity contribution in [2.75, 3.05) is 0 Å². The van der Waals surface area contributed by atoms with Crippen molar-refractivity contribution in [3.05, 3.63) is 60.7 Å². The van der Waals surface area contributed by atoms with Gasteiger partial charge in [0.25, 0.3) is 0 Å². The van der Waals surface area contributed by atoms with E-state index in [2.05, 4.69) is 52.8 Å². The SMILES string of the molecule is N#CCCCCCCCCn1nnc(-c2ccccc2)c1-c1ccccc1. The Kier molecular flexibility index (Phi) is 7.17. The normalized spacial score (nSPS) is 10.6. The van der Waals surface area contributed by atoms with Gasteiger partial charge in [0, 0.05) is 24.1 Å². The summed E-state index contributed by atoms with van der Waals surface area (Å²) in [5.41, 5.74) is 4.28. The van der Waals surface area contributed by atoms with Crippen LogP contribution in [-0.2, 0) is 6.54 Å². The molecule has 0 fully saturated rings. The Morgan fingerprint density at radius 3 is 2.00 bits per heavy atom. The van der Waals surface area contributed by atoms with Crippen LogP contribution in [-0.4, -0.2) is 15.0 Å². The van der Waals surface area contributed by atoms with Gasteiger partial charge in [0.2, 0.25) is 0 Å². The Balaban J connectivity index is 1.67. The van der Waals surface area contributed by atoms with Gasteiger partial charge in [-0.25, -0.2) is 4.68 Å². The van der Waals surface area contributed by atoms with Crippen LogP contribution < -0.4 is 0 Å². The van der Waals surface area contributed by atoms with Crippen molar-refractivity contribution >= 4 is 0 Å². The highest BCUT2D eigenvalue weighted by molar-refractivity contribution is 5.77. The third-order valence-corrected chi connectivity index (χ3v) is 4.74. The second-order valence-electron chi connectivity index (χ2n) is 6.77. The van der Waals surface area contributed by atoms with Gasteiger partial charge in [0.15, 0.2) is 0 Å². The van der Waals surface area contributed by atoms with E-state index in [1.165, 1.54) is 19.3 Å². The highest BCUT2D eigenvalue weighted by atomic mass is 15.4. The molecule has 1 heterocycles. The standard InChI is InChI=1S/C23H26N4/c24-18-12-4-2-1-3-5-13-19-27-23(21-16-10-7-11-17-21)22(25-26-27)20-14-8-6-9-15-20/h6-11,14-17H,1-5,12-13,19H2. The van der Waals surface area contributed by atoms with E-state index < -0.39 is 0 Å². The summed E-state index contributed by atoms with van der Waals surface area (Å²) in [7, 11) is 0. The fraction of sp³-hybridized carbons (Fsp3) is 0.348. The Hall–Kier alpha value is -2.93. The molecule has 4 heteroatoms. The lowest BCUT2D eigenvalue weighted by Crippen LogP contribution is -2.03.